The summed E-state index contributed by atoms with van der Waals surface area (Å²) in [4.78, 5) is 10.7. The first kappa shape index (κ1) is 16.5. The number of halogens is 2. The van der Waals surface area contributed by atoms with Crippen LogP contribution < -0.4 is 4.74 Å². The number of nitriles is 1. The zero-order chi connectivity index (χ0) is 15.5. The Kier molecular flexibility index (Phi) is 5.43. The third kappa shape index (κ3) is 3.66. The van der Waals surface area contributed by atoms with Crippen LogP contribution in [0.3, 0.4) is 0 Å². The van der Waals surface area contributed by atoms with Gasteiger partial charge < -0.3 is 4.74 Å². The van der Waals surface area contributed by atoms with Crippen LogP contribution in [0.15, 0.2) is 12.1 Å². The number of alkyl halides is 1. The number of rotatable bonds is 5. The fourth-order valence-electron chi connectivity index (χ4n) is 2.59. The monoisotopic (exact) mass is 464 g/mol. The quantitative estimate of drug-likeness (QED) is 0.280. The van der Waals surface area contributed by atoms with Gasteiger partial charge in [0, 0.05) is 16.8 Å². The van der Waals surface area contributed by atoms with Crippen LogP contribution in [0.4, 0.5) is 5.69 Å². The van der Waals surface area contributed by atoms with Crippen LogP contribution in [0.25, 0.3) is 0 Å². The van der Waals surface area contributed by atoms with E-state index in [2.05, 4.69) is 15.9 Å². The van der Waals surface area contributed by atoms with Gasteiger partial charge in [0.15, 0.2) is 0 Å². The highest BCUT2D eigenvalue weighted by Gasteiger charge is 2.34. The molecule has 0 aliphatic heterocycles. The van der Waals surface area contributed by atoms with Crippen LogP contribution in [0.1, 0.15) is 31.2 Å². The molecule has 1 aliphatic rings. The molecule has 1 aromatic carbocycles. The average Bonchev–Trinajstić information content (AvgIpc) is 2.94. The third-order valence-corrected chi connectivity index (χ3v) is 5.81. The van der Waals surface area contributed by atoms with Crippen molar-refractivity contribution in [1.82, 2.24) is 0 Å². The summed E-state index contributed by atoms with van der Waals surface area (Å²) in [5, 5.41) is 20.9. The van der Waals surface area contributed by atoms with Crippen molar-refractivity contribution in [1.29, 1.82) is 5.26 Å². The number of hydrogen-bond acceptors (Lipinski definition) is 4. The number of benzene rings is 1. The molecule has 7 heteroatoms. The summed E-state index contributed by atoms with van der Waals surface area (Å²) in [5.41, 5.74) is 0.195. The Labute approximate surface area is 145 Å². The molecule has 0 atom stereocenters. The summed E-state index contributed by atoms with van der Waals surface area (Å²) in [6, 6.07) is 4.81. The van der Waals surface area contributed by atoms with E-state index in [-0.39, 0.29) is 22.4 Å². The molecule has 0 saturated heterocycles. The third-order valence-electron chi connectivity index (χ3n) is 3.82. The van der Waals surface area contributed by atoms with Crippen LogP contribution in [0, 0.1) is 30.4 Å². The van der Waals surface area contributed by atoms with Gasteiger partial charge in [-0.1, -0.05) is 28.8 Å². The van der Waals surface area contributed by atoms with E-state index in [1.165, 1.54) is 18.9 Å². The Morgan fingerprint density at radius 3 is 2.67 bits per heavy atom. The lowest BCUT2D eigenvalue weighted by molar-refractivity contribution is -0.386. The zero-order valence-electron chi connectivity index (χ0n) is 11.3. The van der Waals surface area contributed by atoms with Gasteiger partial charge in [-0.2, -0.15) is 5.26 Å². The summed E-state index contributed by atoms with van der Waals surface area (Å²) >= 11 is 5.52. The zero-order valence-corrected chi connectivity index (χ0v) is 15.0. The second-order valence-corrected chi connectivity index (χ2v) is 7.03. The number of nitro groups is 1. The predicted molar refractivity (Wildman–Crippen MR) is 90.7 cm³/mol. The van der Waals surface area contributed by atoms with Gasteiger partial charge in [-0.15, -0.1) is 0 Å². The lowest BCUT2D eigenvalue weighted by Gasteiger charge is -2.26. The standard InChI is InChI=1S/C14H14BrIN2O3/c15-8-14(3-1-2-4-14)9-21-13-11(16)5-10(7-17)6-12(13)18(19)20/h5-6H,1-4,8-9H2. The lowest BCUT2D eigenvalue weighted by atomic mass is 9.90. The van der Waals surface area contributed by atoms with Gasteiger partial charge in [0.25, 0.3) is 0 Å². The van der Waals surface area contributed by atoms with Crippen LogP contribution >= 0.6 is 38.5 Å². The van der Waals surface area contributed by atoms with Gasteiger partial charge in [0.05, 0.1) is 26.7 Å². The Balaban J connectivity index is 2.27. The number of nitro benzene ring substituents is 1. The first-order valence-electron chi connectivity index (χ1n) is 6.58. The highest BCUT2D eigenvalue weighted by molar-refractivity contribution is 14.1. The Hall–Kier alpha value is -0.880. The first-order valence-corrected chi connectivity index (χ1v) is 8.78. The van der Waals surface area contributed by atoms with Gasteiger partial charge in [-0.25, -0.2) is 0 Å². The van der Waals surface area contributed by atoms with Crippen molar-refractivity contribution in [2.75, 3.05) is 11.9 Å². The summed E-state index contributed by atoms with van der Waals surface area (Å²) in [5.74, 6) is 0.270. The minimum Gasteiger partial charge on any atom is -0.485 e. The van der Waals surface area contributed by atoms with E-state index in [4.69, 9.17) is 10.00 Å². The molecule has 0 bridgehead atoms. The Morgan fingerprint density at radius 2 is 2.14 bits per heavy atom. The Morgan fingerprint density at radius 1 is 1.48 bits per heavy atom. The Bertz CT molecular complexity index is 595. The molecule has 0 aromatic heterocycles. The molecule has 1 aromatic rings. The second kappa shape index (κ2) is 6.92. The molecule has 0 radical (unpaired) electrons. The van der Waals surface area contributed by atoms with E-state index in [0.717, 1.165) is 18.2 Å². The van der Waals surface area contributed by atoms with Crippen molar-refractivity contribution in [2.24, 2.45) is 5.41 Å². The molecule has 112 valence electrons. The highest BCUT2D eigenvalue weighted by atomic mass is 127. The molecule has 21 heavy (non-hydrogen) atoms. The van der Waals surface area contributed by atoms with E-state index in [1.54, 1.807) is 6.07 Å². The lowest BCUT2D eigenvalue weighted by Crippen LogP contribution is -2.27. The minimum atomic E-state index is -0.492. The summed E-state index contributed by atoms with van der Waals surface area (Å²) < 4.78 is 6.42. The van der Waals surface area contributed by atoms with Crippen molar-refractivity contribution in [3.05, 3.63) is 31.4 Å². The van der Waals surface area contributed by atoms with Crippen molar-refractivity contribution >= 4 is 44.2 Å². The number of nitrogens with zero attached hydrogens (tertiary/aromatic N) is 2. The molecule has 0 spiro atoms. The molecule has 1 aliphatic carbocycles. The van der Waals surface area contributed by atoms with Gasteiger partial charge in [-0.05, 0) is 41.5 Å². The molecule has 5 nitrogen and oxygen atoms in total. The molecule has 1 fully saturated rings. The maximum Gasteiger partial charge on any atom is 0.313 e. The summed E-state index contributed by atoms with van der Waals surface area (Å²) in [7, 11) is 0. The van der Waals surface area contributed by atoms with E-state index in [1.807, 2.05) is 28.7 Å². The molecule has 2 rings (SSSR count). The number of ether oxygens (including phenoxy) is 1. The molecule has 0 heterocycles. The van der Waals surface area contributed by atoms with Crippen LogP contribution in [0.5, 0.6) is 5.75 Å². The van der Waals surface area contributed by atoms with E-state index in [0.29, 0.717) is 10.2 Å². The topological polar surface area (TPSA) is 76.2 Å². The maximum atomic E-state index is 11.2. The van der Waals surface area contributed by atoms with Crippen LogP contribution in [0.2, 0.25) is 0 Å². The number of hydrogen-bond donors (Lipinski definition) is 0. The minimum absolute atomic E-state index is 0.0604. The fourth-order valence-corrected chi connectivity index (χ4v) is 4.08. The van der Waals surface area contributed by atoms with Gasteiger partial charge >= 0.3 is 5.69 Å². The maximum absolute atomic E-state index is 11.2. The predicted octanol–water partition coefficient (Wildman–Crippen LogP) is 4.41. The first-order chi connectivity index (χ1) is 10.0. The van der Waals surface area contributed by atoms with E-state index >= 15 is 0 Å². The molecule has 0 N–H and O–H groups in total. The molecular weight excluding hydrogens is 451 g/mol. The average molecular weight is 465 g/mol. The summed E-state index contributed by atoms with van der Waals surface area (Å²) in [6.07, 6.45) is 4.47. The SMILES string of the molecule is N#Cc1cc(I)c(OCC2(CBr)CCCC2)c([N+](=O)[O-])c1. The van der Waals surface area contributed by atoms with Crippen LogP contribution in [-0.2, 0) is 0 Å². The largest absolute Gasteiger partial charge is 0.485 e. The molecular formula is C14H14BrIN2O3. The summed E-state index contributed by atoms with van der Waals surface area (Å²) in [6.45, 7) is 0.459. The molecule has 1 saturated carbocycles. The smallest absolute Gasteiger partial charge is 0.313 e. The highest BCUT2D eigenvalue weighted by Crippen LogP contribution is 2.41. The van der Waals surface area contributed by atoms with Gasteiger partial charge in [0.2, 0.25) is 5.75 Å². The van der Waals surface area contributed by atoms with Gasteiger partial charge in [-0.3, -0.25) is 10.1 Å². The van der Waals surface area contributed by atoms with Crippen LogP contribution in [-0.4, -0.2) is 16.9 Å². The molecule has 0 unspecified atom stereocenters. The van der Waals surface area contributed by atoms with Crippen molar-refractivity contribution in [3.63, 3.8) is 0 Å². The normalized spacial score (nSPS) is 16.4. The van der Waals surface area contributed by atoms with E-state index in [9.17, 15) is 10.1 Å². The molecule has 0 amide bonds. The van der Waals surface area contributed by atoms with Crippen molar-refractivity contribution in [2.45, 2.75) is 25.7 Å². The van der Waals surface area contributed by atoms with Crippen molar-refractivity contribution in [3.8, 4) is 11.8 Å². The fraction of sp³-hybridized carbons (Fsp3) is 0.500. The van der Waals surface area contributed by atoms with Crippen molar-refractivity contribution < 1.29 is 9.66 Å². The van der Waals surface area contributed by atoms with Gasteiger partial charge in [0.1, 0.15) is 0 Å². The van der Waals surface area contributed by atoms with E-state index < -0.39 is 4.92 Å². The second-order valence-electron chi connectivity index (χ2n) is 5.30.